The first-order chi connectivity index (χ1) is 32.0. The monoisotopic (exact) mass is 963 g/mol. The standard InChI is InChI=1S/C45H74N10O13/c1-7-25(5)36(54-38(60)28(47)21-27-14-10-9-11-15-27)43(65)51-31(20-24(3)4)40(62)49-29(16-12-13-19-46)39(61)53-33(23-56)42(64)55-37(26(6)8-2)44(66)52-32(22-34(48)57)41(63)50-30(45(67)68)17-18-35(58)59/h9-11,14-15,24-26,28-33,36-37,56H,7-8,12-13,16-23,46-47H2,1-6H3,(H2,48,57)(H,49,62)(H,50,63)(H,51,65)(H,52,66)(H,53,61)(H,54,60)(H,55,64)(H,58,59)(H,67,68). The highest BCUT2D eigenvalue weighted by atomic mass is 16.4. The van der Waals surface area contributed by atoms with Gasteiger partial charge >= 0.3 is 11.9 Å². The number of nitrogens with one attached hydrogen (secondary N) is 7. The zero-order chi connectivity index (χ0) is 51.7. The topological polar surface area (TPSA) is 394 Å². The van der Waals surface area contributed by atoms with Crippen molar-refractivity contribution in [3.8, 4) is 0 Å². The molecule has 1 aromatic rings. The molecule has 0 saturated heterocycles. The summed E-state index contributed by atoms with van der Waals surface area (Å²) in [6, 6.07) is -2.08. The third-order valence-electron chi connectivity index (χ3n) is 11.3. The number of carbonyl (C=O) groups is 10. The zero-order valence-electron chi connectivity index (χ0n) is 39.9. The summed E-state index contributed by atoms with van der Waals surface area (Å²) in [6.07, 6.45) is -0.0799. The molecule has 1 rings (SSSR count). The van der Waals surface area contributed by atoms with Gasteiger partial charge in [-0.1, -0.05) is 84.7 Å². The van der Waals surface area contributed by atoms with Crippen LogP contribution in [0, 0.1) is 17.8 Å². The Morgan fingerprint density at radius 1 is 0.588 bits per heavy atom. The van der Waals surface area contributed by atoms with Crippen molar-refractivity contribution in [3.63, 3.8) is 0 Å². The predicted octanol–water partition coefficient (Wildman–Crippen LogP) is -1.97. The Labute approximate surface area is 397 Å². The van der Waals surface area contributed by atoms with Crippen molar-refractivity contribution >= 4 is 59.2 Å². The van der Waals surface area contributed by atoms with E-state index in [0.717, 1.165) is 5.56 Å². The molecule has 0 aliphatic rings. The van der Waals surface area contributed by atoms with Gasteiger partial charge < -0.3 is 69.7 Å². The van der Waals surface area contributed by atoms with Gasteiger partial charge in [0, 0.05) is 6.42 Å². The van der Waals surface area contributed by atoms with Gasteiger partial charge in [0.1, 0.15) is 42.3 Å². The molecule has 10 unspecified atom stereocenters. The SMILES string of the molecule is CCC(C)C(NC(=O)C(N)Cc1ccccc1)C(=O)NC(CC(C)C)C(=O)NC(CCCCN)C(=O)NC(CO)C(=O)NC(C(=O)NC(CC(N)=O)C(=O)NC(CCC(=O)O)C(=O)O)C(C)CC. The Hall–Kier alpha value is -6.20. The highest BCUT2D eigenvalue weighted by molar-refractivity contribution is 5.98. The second kappa shape index (κ2) is 31.0. The maximum Gasteiger partial charge on any atom is 0.326 e. The number of aliphatic carboxylic acids is 2. The quantitative estimate of drug-likeness (QED) is 0.0340. The number of rotatable bonds is 33. The molecule has 0 radical (unpaired) electrons. The minimum absolute atomic E-state index is 0.0159. The van der Waals surface area contributed by atoms with E-state index in [0.29, 0.717) is 19.3 Å². The first kappa shape index (κ1) is 59.8. The van der Waals surface area contributed by atoms with E-state index in [2.05, 4.69) is 37.2 Å². The Bertz CT molecular complexity index is 1850. The van der Waals surface area contributed by atoms with Crippen molar-refractivity contribution in [1.82, 2.24) is 37.2 Å². The molecule has 8 amide bonds. The zero-order valence-corrected chi connectivity index (χ0v) is 39.9. The summed E-state index contributed by atoms with van der Waals surface area (Å²) >= 11 is 0. The predicted molar refractivity (Wildman–Crippen MR) is 248 cm³/mol. The number of aliphatic hydroxyl groups excluding tert-OH is 1. The lowest BCUT2D eigenvalue weighted by molar-refractivity contribution is -0.143. The molecule has 0 saturated carbocycles. The van der Waals surface area contributed by atoms with Crippen molar-refractivity contribution in [2.45, 2.75) is 154 Å². The number of hydrogen-bond donors (Lipinski definition) is 13. The van der Waals surface area contributed by atoms with Crippen LogP contribution in [0.15, 0.2) is 30.3 Å². The minimum Gasteiger partial charge on any atom is -0.481 e. The van der Waals surface area contributed by atoms with Gasteiger partial charge in [0.2, 0.25) is 47.3 Å². The third kappa shape index (κ3) is 21.6. The number of carboxylic acids is 2. The summed E-state index contributed by atoms with van der Waals surface area (Å²) < 4.78 is 0. The summed E-state index contributed by atoms with van der Waals surface area (Å²) in [4.78, 5) is 130. The molecule has 16 N–H and O–H groups in total. The molecule has 0 bridgehead atoms. The fourth-order valence-electron chi connectivity index (χ4n) is 6.81. The molecule has 68 heavy (non-hydrogen) atoms. The highest BCUT2D eigenvalue weighted by Gasteiger charge is 2.36. The fraction of sp³-hybridized carbons (Fsp3) is 0.644. The second-order valence-corrected chi connectivity index (χ2v) is 17.4. The fourth-order valence-corrected chi connectivity index (χ4v) is 6.81. The minimum atomic E-state index is -1.76. The summed E-state index contributed by atoms with van der Waals surface area (Å²) in [5, 5.41) is 46.1. The van der Waals surface area contributed by atoms with Gasteiger partial charge in [0.25, 0.3) is 0 Å². The van der Waals surface area contributed by atoms with Crippen molar-refractivity contribution in [2.24, 2.45) is 35.0 Å². The Morgan fingerprint density at radius 3 is 1.54 bits per heavy atom. The first-order valence-corrected chi connectivity index (χ1v) is 23.0. The number of carboxylic acid groups (broad SMARTS) is 2. The van der Waals surface area contributed by atoms with Crippen molar-refractivity contribution in [1.29, 1.82) is 0 Å². The lowest BCUT2D eigenvalue weighted by atomic mass is 9.96. The van der Waals surface area contributed by atoms with E-state index < -0.39 is 139 Å². The number of aliphatic hydroxyl groups is 1. The van der Waals surface area contributed by atoms with Gasteiger partial charge in [-0.25, -0.2) is 4.79 Å². The van der Waals surface area contributed by atoms with Crippen LogP contribution in [0.25, 0.3) is 0 Å². The molecule has 1 aromatic carbocycles. The molecular weight excluding hydrogens is 889 g/mol. The average molecular weight is 963 g/mol. The van der Waals surface area contributed by atoms with Gasteiger partial charge in [-0.2, -0.15) is 0 Å². The maximum atomic E-state index is 14.0. The molecular formula is C45H74N10O13. The van der Waals surface area contributed by atoms with E-state index in [1.807, 2.05) is 51.1 Å². The van der Waals surface area contributed by atoms with Crippen LogP contribution in [0.5, 0.6) is 0 Å². The number of hydrogen-bond acceptors (Lipinski definition) is 13. The van der Waals surface area contributed by atoms with Crippen molar-refractivity contribution < 1.29 is 63.3 Å². The van der Waals surface area contributed by atoms with E-state index in [1.165, 1.54) is 0 Å². The first-order valence-electron chi connectivity index (χ1n) is 23.0. The van der Waals surface area contributed by atoms with Gasteiger partial charge in [0.05, 0.1) is 19.1 Å². The summed E-state index contributed by atoms with van der Waals surface area (Å²) in [7, 11) is 0. The van der Waals surface area contributed by atoms with Crippen LogP contribution in [-0.4, -0.2) is 136 Å². The Kier molecular flexibility index (Phi) is 27.2. The molecule has 0 fully saturated rings. The van der Waals surface area contributed by atoms with Crippen LogP contribution in [-0.2, 0) is 54.4 Å². The lowest BCUT2D eigenvalue weighted by Gasteiger charge is -2.30. The number of nitrogens with two attached hydrogens (primary N) is 3. The van der Waals surface area contributed by atoms with Crippen LogP contribution in [0.3, 0.4) is 0 Å². The van der Waals surface area contributed by atoms with E-state index in [-0.39, 0.29) is 44.1 Å². The van der Waals surface area contributed by atoms with E-state index in [9.17, 15) is 58.2 Å². The van der Waals surface area contributed by atoms with Gasteiger partial charge in [-0.05, 0) is 68.4 Å². The molecule has 382 valence electrons. The van der Waals surface area contributed by atoms with Gasteiger partial charge in [-0.15, -0.1) is 0 Å². The summed E-state index contributed by atoms with van der Waals surface area (Å²) in [6.45, 7) is 9.72. The van der Waals surface area contributed by atoms with Gasteiger partial charge in [-0.3, -0.25) is 43.2 Å². The molecule has 23 nitrogen and oxygen atoms in total. The average Bonchev–Trinajstić information content (AvgIpc) is 3.28. The molecule has 0 aliphatic carbocycles. The van der Waals surface area contributed by atoms with Crippen LogP contribution in [0.1, 0.15) is 105 Å². The molecule has 0 spiro atoms. The summed E-state index contributed by atoms with van der Waals surface area (Å²) in [5.41, 5.74) is 18.0. The number of benzene rings is 1. The van der Waals surface area contributed by atoms with Crippen LogP contribution < -0.4 is 54.4 Å². The van der Waals surface area contributed by atoms with Crippen molar-refractivity contribution in [2.75, 3.05) is 13.2 Å². The second-order valence-electron chi connectivity index (χ2n) is 17.4. The van der Waals surface area contributed by atoms with E-state index in [4.69, 9.17) is 22.3 Å². The van der Waals surface area contributed by atoms with E-state index in [1.54, 1.807) is 20.8 Å². The van der Waals surface area contributed by atoms with Crippen LogP contribution in [0.2, 0.25) is 0 Å². The Balaban J connectivity index is 3.32. The van der Waals surface area contributed by atoms with Crippen molar-refractivity contribution in [3.05, 3.63) is 35.9 Å². The number of unbranched alkanes of at least 4 members (excludes halogenated alkanes) is 1. The molecule has 0 aromatic heterocycles. The maximum absolute atomic E-state index is 14.0. The normalized spacial score (nSPS) is 15.6. The number of primary amides is 1. The molecule has 0 heterocycles. The Morgan fingerprint density at radius 2 is 1.06 bits per heavy atom. The van der Waals surface area contributed by atoms with Crippen LogP contribution in [0.4, 0.5) is 0 Å². The van der Waals surface area contributed by atoms with E-state index >= 15 is 0 Å². The summed E-state index contributed by atoms with van der Waals surface area (Å²) in [5.74, 6) is -11.3. The largest absolute Gasteiger partial charge is 0.481 e. The van der Waals surface area contributed by atoms with Gasteiger partial charge in [0.15, 0.2) is 0 Å². The highest BCUT2D eigenvalue weighted by Crippen LogP contribution is 2.14. The molecule has 10 atom stereocenters. The third-order valence-corrected chi connectivity index (χ3v) is 11.3. The smallest absolute Gasteiger partial charge is 0.326 e. The molecule has 0 aliphatic heterocycles. The number of amides is 8. The molecule has 23 heteroatoms. The number of carbonyl (C=O) groups excluding carboxylic acids is 8. The lowest BCUT2D eigenvalue weighted by Crippen LogP contribution is -2.62. The van der Waals surface area contributed by atoms with Crippen LogP contribution >= 0.6 is 0 Å².